The zero-order valence-electron chi connectivity index (χ0n) is 16.4. The summed E-state index contributed by atoms with van der Waals surface area (Å²) < 4.78 is 56.9. The molecule has 3 N–H and O–H groups in total. The predicted molar refractivity (Wildman–Crippen MR) is 110 cm³/mol. The van der Waals surface area contributed by atoms with Crippen LogP contribution >= 0.6 is 11.6 Å². The first-order chi connectivity index (χ1) is 15.2. The number of aliphatic imine (C=N–C) groups is 1. The Balaban J connectivity index is 1.88. The third kappa shape index (κ3) is 5.76. The Labute approximate surface area is 184 Å². The second-order valence-corrected chi connectivity index (χ2v) is 6.75. The first kappa shape index (κ1) is 23.1. The summed E-state index contributed by atoms with van der Waals surface area (Å²) in [5.41, 5.74) is -0.554. The van der Waals surface area contributed by atoms with Gasteiger partial charge >= 0.3 is 6.18 Å². The van der Waals surface area contributed by atoms with Gasteiger partial charge in [0.25, 0.3) is 5.91 Å². The summed E-state index contributed by atoms with van der Waals surface area (Å²) in [4.78, 5) is 16.6. The number of halogens is 5. The second kappa shape index (κ2) is 9.69. The number of carbonyl (C=O) groups excluding carboxylic acids is 1. The molecule has 0 atom stereocenters. The highest BCUT2D eigenvalue weighted by Crippen LogP contribution is 2.28. The van der Waals surface area contributed by atoms with Gasteiger partial charge in [0.2, 0.25) is 5.96 Å². The Kier molecular flexibility index (Phi) is 6.98. The fourth-order valence-corrected chi connectivity index (χ4v) is 2.83. The van der Waals surface area contributed by atoms with Crippen LogP contribution in [0.2, 0.25) is 5.02 Å². The van der Waals surface area contributed by atoms with Gasteiger partial charge in [-0.25, -0.2) is 4.39 Å². The molecule has 168 valence electrons. The third-order valence-electron chi connectivity index (χ3n) is 4.13. The second-order valence-electron chi connectivity index (χ2n) is 6.34. The van der Waals surface area contributed by atoms with Gasteiger partial charge < -0.3 is 15.4 Å². The molecular formula is C20H16ClF4N5O2. The van der Waals surface area contributed by atoms with E-state index in [2.05, 4.69) is 25.8 Å². The van der Waals surface area contributed by atoms with E-state index in [9.17, 15) is 22.4 Å². The average molecular weight is 470 g/mol. The maximum atomic E-state index is 13.3. The summed E-state index contributed by atoms with van der Waals surface area (Å²) in [6.45, 7) is -0.00951. The topological polar surface area (TPSA) is 91.4 Å². The quantitative estimate of drug-likeness (QED) is 0.288. The molecule has 1 aromatic heterocycles. The van der Waals surface area contributed by atoms with Crippen molar-refractivity contribution in [3.63, 3.8) is 0 Å². The highest BCUT2D eigenvalue weighted by molar-refractivity contribution is 6.31. The van der Waals surface area contributed by atoms with Gasteiger partial charge in [-0.05, 0) is 29.8 Å². The number of amides is 1. The van der Waals surface area contributed by atoms with Gasteiger partial charge in [-0.2, -0.15) is 23.3 Å². The molecule has 0 bridgehead atoms. The van der Waals surface area contributed by atoms with Gasteiger partial charge in [0.1, 0.15) is 17.4 Å². The van der Waals surface area contributed by atoms with Crippen molar-refractivity contribution in [1.29, 1.82) is 0 Å². The van der Waals surface area contributed by atoms with Gasteiger partial charge in [-0.3, -0.25) is 9.89 Å². The van der Waals surface area contributed by atoms with E-state index in [1.807, 2.05) is 0 Å². The van der Waals surface area contributed by atoms with E-state index in [0.29, 0.717) is 5.56 Å². The number of benzene rings is 2. The third-order valence-corrected chi connectivity index (χ3v) is 4.49. The summed E-state index contributed by atoms with van der Waals surface area (Å²) in [5, 5.41) is 10.8. The molecule has 3 rings (SSSR count). The number of para-hydroxylation sites is 1. The minimum Gasteiger partial charge on any atom is -0.496 e. The van der Waals surface area contributed by atoms with E-state index < -0.39 is 23.6 Å². The van der Waals surface area contributed by atoms with E-state index >= 15 is 0 Å². The maximum Gasteiger partial charge on any atom is 0.435 e. The van der Waals surface area contributed by atoms with Crippen LogP contribution < -0.4 is 15.4 Å². The number of hydrogen-bond acceptors (Lipinski definition) is 3. The number of guanidine groups is 1. The Morgan fingerprint density at radius 1 is 1.22 bits per heavy atom. The van der Waals surface area contributed by atoms with E-state index in [4.69, 9.17) is 16.3 Å². The largest absolute Gasteiger partial charge is 0.496 e. The molecule has 7 nitrogen and oxygen atoms in total. The number of aromatic nitrogens is 2. The van der Waals surface area contributed by atoms with Gasteiger partial charge in [0, 0.05) is 17.6 Å². The molecule has 0 fully saturated rings. The molecule has 3 aromatic rings. The molecule has 0 aliphatic carbocycles. The van der Waals surface area contributed by atoms with Gasteiger partial charge in [-0.15, -0.1) is 0 Å². The molecule has 0 spiro atoms. The molecule has 32 heavy (non-hydrogen) atoms. The van der Waals surface area contributed by atoms with Crippen molar-refractivity contribution in [2.75, 3.05) is 12.4 Å². The Hall–Kier alpha value is -3.60. The highest BCUT2D eigenvalue weighted by atomic mass is 35.5. The Bertz CT molecular complexity index is 1150. The number of nitrogens with zero attached hydrogens (tertiary/aromatic N) is 2. The van der Waals surface area contributed by atoms with Crippen LogP contribution in [0.3, 0.4) is 0 Å². The van der Waals surface area contributed by atoms with Crippen molar-refractivity contribution in [3.05, 3.63) is 76.2 Å². The number of aromatic amines is 1. The number of hydrogen-bond donors (Lipinski definition) is 3. The van der Waals surface area contributed by atoms with Crippen molar-refractivity contribution >= 4 is 29.3 Å². The van der Waals surface area contributed by atoms with Gasteiger partial charge in [0.15, 0.2) is 5.69 Å². The highest BCUT2D eigenvalue weighted by Gasteiger charge is 2.34. The first-order valence-corrected chi connectivity index (χ1v) is 9.38. The summed E-state index contributed by atoms with van der Waals surface area (Å²) in [5.74, 6) is -1.35. The summed E-state index contributed by atoms with van der Waals surface area (Å²) in [7, 11) is 1.38. The first-order valence-electron chi connectivity index (χ1n) is 9.01. The molecule has 2 aromatic carbocycles. The number of ether oxygens (including phenoxy) is 1. The summed E-state index contributed by atoms with van der Waals surface area (Å²) in [6, 6.07) is 10.7. The van der Waals surface area contributed by atoms with Gasteiger partial charge in [-0.1, -0.05) is 29.8 Å². The smallest absolute Gasteiger partial charge is 0.435 e. The average Bonchev–Trinajstić information content (AvgIpc) is 3.22. The molecule has 0 unspecified atom stereocenters. The molecule has 0 saturated carbocycles. The maximum absolute atomic E-state index is 13.3. The van der Waals surface area contributed by atoms with Crippen LogP contribution in [0.25, 0.3) is 0 Å². The molecule has 1 heterocycles. The number of methoxy groups -OCH3 is 1. The lowest BCUT2D eigenvalue weighted by Gasteiger charge is -2.12. The minimum atomic E-state index is -4.66. The number of rotatable bonds is 5. The molecular weight excluding hydrogens is 454 g/mol. The van der Waals surface area contributed by atoms with Crippen LogP contribution in [0.1, 0.15) is 21.6 Å². The molecule has 0 radical (unpaired) electrons. The predicted octanol–water partition coefficient (Wildman–Crippen LogP) is 4.63. The monoisotopic (exact) mass is 469 g/mol. The SMILES string of the molecule is COc1ccccc1C(=O)/N=C(/NCc1ccc(F)cc1Cl)Nc1cc(C(F)(F)F)n[nH]1. The van der Waals surface area contributed by atoms with Crippen LogP contribution in [0.5, 0.6) is 5.75 Å². The lowest BCUT2D eigenvalue weighted by molar-refractivity contribution is -0.141. The fourth-order valence-electron chi connectivity index (χ4n) is 2.60. The van der Waals surface area contributed by atoms with Gasteiger partial charge in [0.05, 0.1) is 12.7 Å². The van der Waals surface area contributed by atoms with Crippen molar-refractivity contribution < 1.29 is 27.1 Å². The standard InChI is InChI=1S/C20H16ClF4N5O2/c1-32-15-5-3-2-4-13(15)18(31)28-19(26-10-11-6-7-12(22)8-14(11)21)27-17-9-16(29-30-17)20(23,24)25/h2-9H,10H2,1H3,(H3,26,27,28,29,30,31). The number of anilines is 1. The summed E-state index contributed by atoms with van der Waals surface area (Å²) in [6.07, 6.45) is -4.66. The van der Waals surface area contributed by atoms with Crippen molar-refractivity contribution in [2.24, 2.45) is 4.99 Å². The minimum absolute atomic E-state index is 0.00951. The van der Waals surface area contributed by atoms with Crippen molar-refractivity contribution in [2.45, 2.75) is 12.7 Å². The van der Waals surface area contributed by atoms with Crippen LogP contribution in [-0.2, 0) is 12.7 Å². The van der Waals surface area contributed by atoms with Crippen molar-refractivity contribution in [3.8, 4) is 5.75 Å². The van der Waals surface area contributed by atoms with Crippen LogP contribution in [-0.4, -0.2) is 29.2 Å². The molecule has 0 saturated heterocycles. The molecule has 1 amide bonds. The zero-order chi connectivity index (χ0) is 23.3. The molecule has 0 aliphatic rings. The van der Waals surface area contributed by atoms with E-state index in [0.717, 1.165) is 12.1 Å². The summed E-state index contributed by atoms with van der Waals surface area (Å²) >= 11 is 6.00. The lowest BCUT2D eigenvalue weighted by Crippen LogP contribution is -2.31. The van der Waals surface area contributed by atoms with E-state index in [1.54, 1.807) is 18.2 Å². The van der Waals surface area contributed by atoms with E-state index in [1.165, 1.54) is 25.3 Å². The van der Waals surface area contributed by atoms with Crippen LogP contribution in [0.4, 0.5) is 23.4 Å². The van der Waals surface area contributed by atoms with Crippen molar-refractivity contribution in [1.82, 2.24) is 15.5 Å². The number of alkyl halides is 3. The van der Waals surface area contributed by atoms with E-state index in [-0.39, 0.29) is 34.7 Å². The van der Waals surface area contributed by atoms with Crippen LogP contribution in [0, 0.1) is 5.82 Å². The fraction of sp³-hybridized carbons (Fsp3) is 0.150. The number of nitrogens with one attached hydrogen (secondary N) is 3. The Morgan fingerprint density at radius 3 is 2.62 bits per heavy atom. The lowest BCUT2D eigenvalue weighted by atomic mass is 10.2. The van der Waals surface area contributed by atoms with Crippen LogP contribution in [0.15, 0.2) is 53.5 Å². The number of H-pyrrole nitrogens is 1. The Morgan fingerprint density at radius 2 is 1.97 bits per heavy atom. The number of carbonyl (C=O) groups is 1. The molecule has 0 aliphatic heterocycles. The molecule has 12 heteroatoms. The normalized spacial score (nSPS) is 11.9. The zero-order valence-corrected chi connectivity index (χ0v) is 17.2.